The number of amides is 2. The van der Waals surface area contributed by atoms with Gasteiger partial charge in [0.15, 0.2) is 0 Å². The molecule has 3 N–H and O–H groups in total. The van der Waals surface area contributed by atoms with Crippen molar-refractivity contribution in [3.8, 4) is 0 Å². The zero-order valence-electron chi connectivity index (χ0n) is 14.2. The summed E-state index contributed by atoms with van der Waals surface area (Å²) in [5.41, 5.74) is -0.223. The molecule has 1 atom stereocenters. The Morgan fingerprint density at radius 1 is 1.10 bits per heavy atom. The van der Waals surface area contributed by atoms with Crippen molar-refractivity contribution in [2.24, 2.45) is 5.41 Å². The second-order valence-corrected chi connectivity index (χ2v) is 6.94. The molecule has 20 heavy (non-hydrogen) atoms. The minimum absolute atomic E-state index is 0.222. The van der Waals surface area contributed by atoms with Crippen LogP contribution < -0.4 is 10.6 Å². The molecular weight excluding hydrogens is 254 g/mol. The van der Waals surface area contributed by atoms with Crippen molar-refractivity contribution in [2.75, 3.05) is 19.6 Å². The fraction of sp³-hybridized carbons (Fsp3) is 0.933. The number of carbonyl (C=O) groups is 1. The van der Waals surface area contributed by atoms with Crippen molar-refractivity contribution < 1.29 is 9.90 Å². The largest absolute Gasteiger partial charge is 0.391 e. The van der Waals surface area contributed by atoms with Gasteiger partial charge in [0.1, 0.15) is 0 Å². The molecule has 0 fully saturated rings. The lowest BCUT2D eigenvalue weighted by Crippen LogP contribution is -2.47. The van der Waals surface area contributed by atoms with E-state index in [2.05, 4.69) is 43.2 Å². The quantitative estimate of drug-likeness (QED) is 0.669. The zero-order chi connectivity index (χ0) is 15.9. The summed E-state index contributed by atoms with van der Waals surface area (Å²) in [4.78, 5) is 14.0. The molecule has 120 valence electrons. The standard InChI is InChI=1S/C15H33N3O2/c1-11(2)18(12(3)4)9-8-16-14(20)17-10-13(19)15(5,6)7/h11-13,19H,8-10H2,1-7H3,(H2,16,17,20). The highest BCUT2D eigenvalue weighted by atomic mass is 16.3. The second-order valence-electron chi connectivity index (χ2n) is 6.94. The minimum Gasteiger partial charge on any atom is -0.391 e. The smallest absolute Gasteiger partial charge is 0.314 e. The lowest BCUT2D eigenvalue weighted by molar-refractivity contribution is 0.0649. The Kier molecular flexibility index (Phi) is 8.13. The van der Waals surface area contributed by atoms with Gasteiger partial charge in [-0.1, -0.05) is 20.8 Å². The Morgan fingerprint density at radius 3 is 2.00 bits per heavy atom. The molecule has 5 heteroatoms. The lowest BCUT2D eigenvalue weighted by atomic mass is 9.89. The average Bonchev–Trinajstić information content (AvgIpc) is 2.29. The fourth-order valence-electron chi connectivity index (χ4n) is 1.97. The number of nitrogens with one attached hydrogen (secondary N) is 2. The summed E-state index contributed by atoms with van der Waals surface area (Å²) >= 11 is 0. The van der Waals surface area contributed by atoms with E-state index in [-0.39, 0.29) is 18.0 Å². The van der Waals surface area contributed by atoms with Crippen LogP contribution in [0.4, 0.5) is 4.79 Å². The number of aliphatic hydroxyl groups is 1. The Hall–Kier alpha value is -0.810. The monoisotopic (exact) mass is 287 g/mol. The molecular formula is C15H33N3O2. The second kappa shape index (κ2) is 8.47. The van der Waals surface area contributed by atoms with Crippen LogP contribution >= 0.6 is 0 Å². The van der Waals surface area contributed by atoms with Gasteiger partial charge in [0.25, 0.3) is 0 Å². The molecule has 0 aromatic carbocycles. The molecule has 5 nitrogen and oxygen atoms in total. The van der Waals surface area contributed by atoms with Gasteiger partial charge in [-0.3, -0.25) is 4.90 Å². The summed E-state index contributed by atoms with van der Waals surface area (Å²) in [6.45, 7) is 16.1. The Labute approximate surface area is 124 Å². The van der Waals surface area contributed by atoms with Crippen LogP contribution in [-0.2, 0) is 0 Å². The van der Waals surface area contributed by atoms with Gasteiger partial charge in [0, 0.05) is 31.7 Å². The Morgan fingerprint density at radius 2 is 1.60 bits per heavy atom. The molecule has 0 heterocycles. The highest BCUT2D eigenvalue weighted by molar-refractivity contribution is 5.73. The van der Waals surface area contributed by atoms with Crippen molar-refractivity contribution in [3.63, 3.8) is 0 Å². The SMILES string of the molecule is CC(C)N(CCNC(=O)NCC(O)C(C)(C)C)C(C)C. The van der Waals surface area contributed by atoms with E-state index in [1.165, 1.54) is 0 Å². The van der Waals surface area contributed by atoms with E-state index in [4.69, 9.17) is 0 Å². The van der Waals surface area contributed by atoms with Crippen LogP contribution in [0.3, 0.4) is 0 Å². The van der Waals surface area contributed by atoms with E-state index >= 15 is 0 Å². The number of hydrogen-bond donors (Lipinski definition) is 3. The topological polar surface area (TPSA) is 64.6 Å². The molecule has 0 saturated heterocycles. The van der Waals surface area contributed by atoms with Crippen molar-refractivity contribution in [1.82, 2.24) is 15.5 Å². The Bertz CT molecular complexity index is 277. The van der Waals surface area contributed by atoms with E-state index in [1.54, 1.807) is 0 Å². The van der Waals surface area contributed by atoms with Gasteiger partial charge in [-0.2, -0.15) is 0 Å². The number of aliphatic hydroxyl groups excluding tert-OH is 1. The third-order valence-corrected chi connectivity index (χ3v) is 3.44. The summed E-state index contributed by atoms with van der Waals surface area (Å²) in [5, 5.41) is 15.4. The van der Waals surface area contributed by atoms with Crippen LogP contribution in [0.5, 0.6) is 0 Å². The van der Waals surface area contributed by atoms with Crippen LogP contribution in [0.1, 0.15) is 48.5 Å². The summed E-state index contributed by atoms with van der Waals surface area (Å²) in [5.74, 6) is 0. The van der Waals surface area contributed by atoms with Crippen molar-refractivity contribution in [3.05, 3.63) is 0 Å². The normalized spacial score (nSPS) is 13.9. The van der Waals surface area contributed by atoms with E-state index in [0.29, 0.717) is 18.6 Å². The maximum Gasteiger partial charge on any atom is 0.314 e. The molecule has 0 aromatic heterocycles. The van der Waals surface area contributed by atoms with Gasteiger partial charge in [-0.05, 0) is 33.1 Å². The van der Waals surface area contributed by atoms with E-state index in [0.717, 1.165) is 6.54 Å². The van der Waals surface area contributed by atoms with Crippen LogP contribution in [0.25, 0.3) is 0 Å². The molecule has 0 aromatic rings. The maximum atomic E-state index is 11.6. The summed E-state index contributed by atoms with van der Waals surface area (Å²) in [6.07, 6.45) is -0.545. The fourth-order valence-corrected chi connectivity index (χ4v) is 1.97. The van der Waals surface area contributed by atoms with Crippen LogP contribution in [0.15, 0.2) is 0 Å². The molecule has 2 amide bonds. The van der Waals surface area contributed by atoms with Gasteiger partial charge >= 0.3 is 6.03 Å². The zero-order valence-corrected chi connectivity index (χ0v) is 14.2. The van der Waals surface area contributed by atoms with E-state index in [1.807, 2.05) is 20.8 Å². The highest BCUT2D eigenvalue weighted by Gasteiger charge is 2.22. The lowest BCUT2D eigenvalue weighted by Gasteiger charge is -2.30. The van der Waals surface area contributed by atoms with Crippen LogP contribution in [-0.4, -0.2) is 53.9 Å². The maximum absolute atomic E-state index is 11.6. The molecule has 0 aliphatic heterocycles. The van der Waals surface area contributed by atoms with Gasteiger partial charge in [-0.25, -0.2) is 4.79 Å². The number of nitrogens with zero attached hydrogens (tertiary/aromatic N) is 1. The molecule has 1 unspecified atom stereocenters. The summed E-state index contributed by atoms with van der Waals surface area (Å²) in [7, 11) is 0. The molecule has 0 rings (SSSR count). The third kappa shape index (κ3) is 7.70. The molecule has 0 radical (unpaired) electrons. The third-order valence-electron chi connectivity index (χ3n) is 3.44. The summed E-state index contributed by atoms with van der Waals surface area (Å²) in [6, 6.07) is 0.700. The van der Waals surface area contributed by atoms with Crippen molar-refractivity contribution in [1.29, 1.82) is 0 Å². The Balaban J connectivity index is 3.95. The van der Waals surface area contributed by atoms with E-state index in [9.17, 15) is 9.90 Å². The van der Waals surface area contributed by atoms with E-state index < -0.39 is 6.10 Å². The molecule has 0 saturated carbocycles. The molecule has 0 aliphatic carbocycles. The number of carbonyl (C=O) groups excluding carboxylic acids is 1. The number of hydrogen-bond acceptors (Lipinski definition) is 3. The molecule has 0 bridgehead atoms. The average molecular weight is 287 g/mol. The predicted molar refractivity (Wildman–Crippen MR) is 83.8 cm³/mol. The first-order valence-electron chi connectivity index (χ1n) is 7.51. The van der Waals surface area contributed by atoms with Crippen molar-refractivity contribution >= 4 is 6.03 Å². The highest BCUT2D eigenvalue weighted by Crippen LogP contribution is 2.17. The van der Waals surface area contributed by atoms with Gasteiger partial charge in [-0.15, -0.1) is 0 Å². The van der Waals surface area contributed by atoms with Gasteiger partial charge in [0.05, 0.1) is 6.10 Å². The first kappa shape index (κ1) is 19.2. The van der Waals surface area contributed by atoms with Crippen molar-refractivity contribution in [2.45, 2.75) is 66.7 Å². The van der Waals surface area contributed by atoms with Crippen LogP contribution in [0, 0.1) is 5.41 Å². The minimum atomic E-state index is -0.545. The van der Waals surface area contributed by atoms with Gasteiger partial charge in [0.2, 0.25) is 0 Å². The number of urea groups is 1. The number of rotatable bonds is 7. The first-order valence-corrected chi connectivity index (χ1v) is 7.51. The predicted octanol–water partition coefficient (Wildman–Crippen LogP) is 1.81. The van der Waals surface area contributed by atoms with Crippen LogP contribution in [0.2, 0.25) is 0 Å². The van der Waals surface area contributed by atoms with Gasteiger partial charge < -0.3 is 15.7 Å². The first-order chi connectivity index (χ1) is 9.05. The molecule has 0 aliphatic rings. The molecule has 0 spiro atoms. The summed E-state index contributed by atoms with van der Waals surface area (Å²) < 4.78 is 0.